The van der Waals surface area contributed by atoms with Crippen LogP contribution in [0.4, 0.5) is 0 Å². The van der Waals surface area contributed by atoms with E-state index in [1.807, 2.05) is 0 Å². The topological polar surface area (TPSA) is 101 Å². The van der Waals surface area contributed by atoms with Crippen LogP contribution >= 0.6 is 0 Å². The van der Waals surface area contributed by atoms with Crippen LogP contribution in [0, 0.1) is 6.92 Å². The van der Waals surface area contributed by atoms with E-state index < -0.39 is 41.0 Å². The van der Waals surface area contributed by atoms with Gasteiger partial charge in [0, 0.05) is 0 Å². The minimum Gasteiger partial charge on any atom is -0.468 e. The van der Waals surface area contributed by atoms with Crippen LogP contribution in [0.2, 0.25) is 0 Å². The molecule has 2 aromatic carbocycles. The molecule has 0 unspecified atom stereocenters. The Morgan fingerprint density at radius 3 is 2.04 bits per heavy atom. The van der Waals surface area contributed by atoms with Gasteiger partial charge in [0.05, 0.1) is 29.8 Å². The predicted octanol–water partition coefficient (Wildman–Crippen LogP) is 1.41. The summed E-state index contributed by atoms with van der Waals surface area (Å²) in [6.07, 6.45) is 0. The summed E-state index contributed by atoms with van der Waals surface area (Å²) < 4.78 is 31.4. The molecule has 2 aromatic rings. The van der Waals surface area contributed by atoms with Crippen LogP contribution in [-0.2, 0) is 19.6 Å². The number of fused-ring (bicyclic) bond motifs is 1. The van der Waals surface area contributed by atoms with Gasteiger partial charge in [0.15, 0.2) is 0 Å². The molecular formula is C19H18N2O6S. The largest absolute Gasteiger partial charge is 0.468 e. The van der Waals surface area contributed by atoms with E-state index in [1.54, 1.807) is 31.2 Å². The standard InChI is InChI=1S/C19H18N2O6S/c1-13-7-9-14(10-8-13)28(25,26)20(11-17(22)27-2)12-21-18(23)15-5-3-4-6-16(15)19(21)24/h3-10H,11-12H2,1-2H3. The summed E-state index contributed by atoms with van der Waals surface area (Å²) in [5, 5.41) is 0. The molecule has 146 valence electrons. The number of amides is 2. The average molecular weight is 402 g/mol. The van der Waals surface area contributed by atoms with Crippen LogP contribution in [0.25, 0.3) is 0 Å². The number of ether oxygens (including phenoxy) is 1. The zero-order chi connectivity index (χ0) is 20.5. The Morgan fingerprint density at radius 2 is 1.54 bits per heavy atom. The maximum absolute atomic E-state index is 13.0. The number of carbonyl (C=O) groups excluding carboxylic acids is 3. The van der Waals surface area contributed by atoms with Gasteiger partial charge < -0.3 is 4.74 Å². The van der Waals surface area contributed by atoms with E-state index in [1.165, 1.54) is 24.3 Å². The molecule has 0 saturated heterocycles. The summed E-state index contributed by atoms with van der Waals surface area (Å²) in [7, 11) is -3.03. The minimum absolute atomic E-state index is 0.0568. The van der Waals surface area contributed by atoms with E-state index in [0.717, 1.165) is 21.9 Å². The van der Waals surface area contributed by atoms with E-state index >= 15 is 0 Å². The zero-order valence-electron chi connectivity index (χ0n) is 15.3. The maximum Gasteiger partial charge on any atom is 0.321 e. The predicted molar refractivity (Wildman–Crippen MR) is 98.9 cm³/mol. The Labute approximate surface area is 162 Å². The molecule has 0 bridgehead atoms. The molecule has 0 fully saturated rings. The molecular weight excluding hydrogens is 384 g/mol. The van der Waals surface area contributed by atoms with Crippen molar-refractivity contribution < 1.29 is 27.5 Å². The number of sulfonamides is 1. The first-order valence-electron chi connectivity index (χ1n) is 8.34. The van der Waals surface area contributed by atoms with Gasteiger partial charge in [-0.25, -0.2) is 8.42 Å². The number of benzene rings is 2. The zero-order valence-corrected chi connectivity index (χ0v) is 16.1. The normalized spacial score (nSPS) is 13.8. The van der Waals surface area contributed by atoms with Gasteiger partial charge in [0.25, 0.3) is 11.8 Å². The van der Waals surface area contributed by atoms with Gasteiger partial charge in [0.1, 0.15) is 6.54 Å². The van der Waals surface area contributed by atoms with Gasteiger partial charge in [-0.2, -0.15) is 4.31 Å². The molecule has 0 aliphatic carbocycles. The summed E-state index contributed by atoms with van der Waals surface area (Å²) in [5.74, 6) is -2.04. The molecule has 0 aromatic heterocycles. The smallest absolute Gasteiger partial charge is 0.321 e. The van der Waals surface area contributed by atoms with Crippen LogP contribution in [0.1, 0.15) is 26.3 Å². The Morgan fingerprint density at radius 1 is 1.00 bits per heavy atom. The molecule has 9 heteroatoms. The van der Waals surface area contributed by atoms with Crippen LogP contribution in [0.5, 0.6) is 0 Å². The second-order valence-electron chi connectivity index (χ2n) is 6.23. The van der Waals surface area contributed by atoms with Crippen molar-refractivity contribution in [3.63, 3.8) is 0 Å². The highest BCUT2D eigenvalue weighted by molar-refractivity contribution is 7.89. The Balaban J connectivity index is 1.95. The Kier molecular flexibility index (Phi) is 5.30. The lowest BCUT2D eigenvalue weighted by atomic mass is 10.1. The summed E-state index contributed by atoms with van der Waals surface area (Å²) in [6.45, 7) is 0.569. The van der Waals surface area contributed by atoms with Crippen LogP contribution in [0.15, 0.2) is 53.4 Å². The number of methoxy groups -OCH3 is 1. The van der Waals surface area contributed by atoms with Crippen molar-refractivity contribution in [2.45, 2.75) is 11.8 Å². The highest BCUT2D eigenvalue weighted by Crippen LogP contribution is 2.24. The van der Waals surface area contributed by atoms with Gasteiger partial charge in [-0.15, -0.1) is 0 Å². The lowest BCUT2D eigenvalue weighted by molar-refractivity contribution is -0.141. The van der Waals surface area contributed by atoms with Gasteiger partial charge in [-0.1, -0.05) is 29.8 Å². The van der Waals surface area contributed by atoms with E-state index in [2.05, 4.69) is 4.74 Å². The summed E-state index contributed by atoms with van der Waals surface area (Å²) in [4.78, 5) is 37.7. The number of imide groups is 1. The number of carbonyl (C=O) groups is 3. The van der Waals surface area contributed by atoms with E-state index in [4.69, 9.17) is 0 Å². The first-order chi connectivity index (χ1) is 13.3. The number of hydrogen-bond donors (Lipinski definition) is 0. The number of aryl methyl sites for hydroxylation is 1. The highest BCUT2D eigenvalue weighted by Gasteiger charge is 2.39. The SMILES string of the molecule is COC(=O)CN(CN1C(=O)c2ccccc2C1=O)S(=O)(=O)c1ccc(C)cc1. The molecule has 0 saturated carbocycles. The molecule has 28 heavy (non-hydrogen) atoms. The van der Waals surface area contributed by atoms with Crippen LogP contribution in [-0.4, -0.2) is 55.7 Å². The Bertz CT molecular complexity index is 1010. The summed E-state index contributed by atoms with van der Waals surface area (Å²) in [5.41, 5.74) is 1.25. The number of rotatable bonds is 6. The van der Waals surface area contributed by atoms with Crippen LogP contribution in [0.3, 0.4) is 0 Å². The monoisotopic (exact) mass is 402 g/mol. The molecule has 0 N–H and O–H groups in total. The van der Waals surface area contributed by atoms with Gasteiger partial charge in [-0.3, -0.25) is 19.3 Å². The van der Waals surface area contributed by atoms with Crippen molar-refractivity contribution in [3.05, 3.63) is 65.2 Å². The fraction of sp³-hybridized carbons (Fsp3) is 0.211. The molecule has 1 aliphatic heterocycles. The second kappa shape index (κ2) is 7.53. The first kappa shape index (κ1) is 19.7. The van der Waals surface area contributed by atoms with Crippen molar-refractivity contribution in [2.75, 3.05) is 20.3 Å². The lowest BCUT2D eigenvalue weighted by Crippen LogP contribution is -2.46. The molecule has 1 aliphatic rings. The van der Waals surface area contributed by atoms with E-state index in [9.17, 15) is 22.8 Å². The number of hydrogen-bond acceptors (Lipinski definition) is 6. The van der Waals surface area contributed by atoms with Gasteiger partial charge >= 0.3 is 5.97 Å². The third kappa shape index (κ3) is 3.54. The third-order valence-electron chi connectivity index (χ3n) is 4.37. The Hall–Kier alpha value is -3.04. The molecule has 0 radical (unpaired) electrons. The van der Waals surface area contributed by atoms with Gasteiger partial charge in [-0.05, 0) is 31.2 Å². The molecule has 2 amide bonds. The van der Waals surface area contributed by atoms with Crippen LogP contribution < -0.4 is 0 Å². The fourth-order valence-electron chi connectivity index (χ4n) is 2.80. The van der Waals surface area contributed by atoms with Gasteiger partial charge in [0.2, 0.25) is 10.0 Å². The molecule has 0 atom stereocenters. The van der Waals surface area contributed by atoms with Crippen molar-refractivity contribution in [1.29, 1.82) is 0 Å². The van der Waals surface area contributed by atoms with E-state index in [0.29, 0.717) is 0 Å². The highest BCUT2D eigenvalue weighted by atomic mass is 32.2. The maximum atomic E-state index is 13.0. The average Bonchev–Trinajstić information content (AvgIpc) is 2.92. The van der Waals surface area contributed by atoms with Crippen molar-refractivity contribution in [3.8, 4) is 0 Å². The van der Waals surface area contributed by atoms with Crippen molar-refractivity contribution in [2.24, 2.45) is 0 Å². The molecule has 1 heterocycles. The third-order valence-corrected chi connectivity index (χ3v) is 6.16. The lowest BCUT2D eigenvalue weighted by Gasteiger charge is -2.25. The van der Waals surface area contributed by atoms with E-state index in [-0.39, 0.29) is 16.0 Å². The molecule has 0 spiro atoms. The number of esters is 1. The number of nitrogens with zero attached hydrogens (tertiary/aromatic N) is 2. The van der Waals surface area contributed by atoms with Crippen molar-refractivity contribution >= 4 is 27.8 Å². The first-order valence-corrected chi connectivity index (χ1v) is 9.78. The summed E-state index contributed by atoms with van der Waals surface area (Å²) >= 11 is 0. The van der Waals surface area contributed by atoms with Crippen molar-refractivity contribution in [1.82, 2.24) is 9.21 Å². The quantitative estimate of drug-likeness (QED) is 0.535. The summed E-state index contributed by atoms with van der Waals surface area (Å²) in [6, 6.07) is 12.2. The molecule has 8 nitrogen and oxygen atoms in total. The second-order valence-corrected chi connectivity index (χ2v) is 8.17. The minimum atomic E-state index is -4.16. The fourth-order valence-corrected chi connectivity index (χ4v) is 4.13. The molecule has 3 rings (SSSR count).